The molecule has 1 spiro atoms. The van der Waals surface area contributed by atoms with Crippen LogP contribution in [-0.2, 0) is 16.0 Å². The Morgan fingerprint density at radius 3 is 3.33 bits per heavy atom. The van der Waals surface area contributed by atoms with E-state index in [2.05, 4.69) is 27.0 Å². The molecule has 4 nitrogen and oxygen atoms in total. The van der Waals surface area contributed by atoms with Crippen LogP contribution in [0.1, 0.15) is 5.56 Å². The Labute approximate surface area is 112 Å². The van der Waals surface area contributed by atoms with Crippen molar-refractivity contribution < 1.29 is 9.47 Å². The van der Waals surface area contributed by atoms with Crippen molar-refractivity contribution in [3.05, 3.63) is 22.4 Å². The lowest BCUT2D eigenvalue weighted by atomic mass is 10.0. The van der Waals surface area contributed by atoms with Crippen molar-refractivity contribution in [1.29, 1.82) is 0 Å². The normalized spacial score (nSPS) is 30.4. The Morgan fingerprint density at radius 2 is 2.44 bits per heavy atom. The van der Waals surface area contributed by atoms with Crippen LogP contribution < -0.4 is 5.32 Å². The molecule has 0 aliphatic carbocycles. The fourth-order valence-electron chi connectivity index (χ4n) is 2.66. The van der Waals surface area contributed by atoms with Gasteiger partial charge in [0.1, 0.15) is 5.60 Å². The molecule has 100 valence electrons. The van der Waals surface area contributed by atoms with Crippen molar-refractivity contribution in [3.8, 4) is 0 Å². The number of hydrogen-bond acceptors (Lipinski definition) is 5. The van der Waals surface area contributed by atoms with E-state index in [1.165, 1.54) is 5.56 Å². The van der Waals surface area contributed by atoms with Gasteiger partial charge < -0.3 is 14.8 Å². The fraction of sp³-hybridized carbons (Fsp3) is 0.692. The van der Waals surface area contributed by atoms with Crippen molar-refractivity contribution in [3.63, 3.8) is 0 Å². The van der Waals surface area contributed by atoms with Crippen molar-refractivity contribution in [2.45, 2.75) is 12.1 Å². The number of nitrogens with zero attached hydrogens (tertiary/aromatic N) is 1. The number of ether oxygens (including phenoxy) is 2. The van der Waals surface area contributed by atoms with Gasteiger partial charge in [0, 0.05) is 32.7 Å². The molecule has 2 saturated heterocycles. The molecule has 0 amide bonds. The van der Waals surface area contributed by atoms with Gasteiger partial charge in [0.05, 0.1) is 19.8 Å². The van der Waals surface area contributed by atoms with Crippen LogP contribution in [0.4, 0.5) is 0 Å². The van der Waals surface area contributed by atoms with Crippen LogP contribution in [0, 0.1) is 0 Å². The van der Waals surface area contributed by atoms with E-state index in [4.69, 9.17) is 9.47 Å². The molecule has 2 fully saturated rings. The van der Waals surface area contributed by atoms with Gasteiger partial charge in [-0.1, -0.05) is 0 Å². The van der Waals surface area contributed by atoms with Gasteiger partial charge in [0.15, 0.2) is 0 Å². The summed E-state index contributed by atoms with van der Waals surface area (Å²) in [6, 6.07) is 2.20. The molecule has 3 heterocycles. The van der Waals surface area contributed by atoms with Crippen LogP contribution in [0.5, 0.6) is 0 Å². The van der Waals surface area contributed by atoms with Crippen LogP contribution in [0.15, 0.2) is 16.8 Å². The number of nitrogens with one attached hydrogen (secondary N) is 1. The molecule has 1 aromatic rings. The summed E-state index contributed by atoms with van der Waals surface area (Å²) in [5, 5.41) is 7.78. The Balaban J connectivity index is 1.63. The quantitative estimate of drug-likeness (QED) is 0.865. The van der Waals surface area contributed by atoms with Gasteiger partial charge in [-0.2, -0.15) is 11.3 Å². The molecular formula is C13H20N2O2S. The minimum Gasteiger partial charge on any atom is -0.377 e. The summed E-state index contributed by atoms with van der Waals surface area (Å²) >= 11 is 1.76. The van der Waals surface area contributed by atoms with Crippen molar-refractivity contribution >= 4 is 11.3 Å². The van der Waals surface area contributed by atoms with Gasteiger partial charge in [-0.15, -0.1) is 0 Å². The third kappa shape index (κ3) is 2.92. The third-order valence-corrected chi connectivity index (χ3v) is 4.28. The lowest BCUT2D eigenvalue weighted by Crippen LogP contribution is -2.57. The van der Waals surface area contributed by atoms with E-state index < -0.39 is 0 Å². The first-order chi connectivity index (χ1) is 8.86. The minimum absolute atomic E-state index is 0.148. The second-order valence-electron chi connectivity index (χ2n) is 5.10. The average Bonchev–Trinajstić information content (AvgIpc) is 2.78. The zero-order valence-electron chi connectivity index (χ0n) is 10.6. The number of hydrogen-bond donors (Lipinski definition) is 1. The highest BCUT2D eigenvalue weighted by Gasteiger charge is 2.37. The molecular weight excluding hydrogens is 248 g/mol. The fourth-order valence-corrected chi connectivity index (χ4v) is 3.32. The SMILES string of the molecule is c1cc(CN2CCOC3(CNCCOC3)C2)cs1. The molecule has 5 heteroatoms. The Kier molecular flexibility index (Phi) is 3.96. The first kappa shape index (κ1) is 12.6. The van der Waals surface area contributed by atoms with Crippen LogP contribution in [0.2, 0.25) is 0 Å². The van der Waals surface area contributed by atoms with E-state index in [1.54, 1.807) is 11.3 Å². The number of morpholine rings is 1. The summed E-state index contributed by atoms with van der Waals surface area (Å²) in [5.74, 6) is 0. The lowest BCUT2D eigenvalue weighted by molar-refractivity contribution is -0.135. The molecule has 1 unspecified atom stereocenters. The van der Waals surface area contributed by atoms with Gasteiger partial charge in [-0.3, -0.25) is 4.90 Å². The average molecular weight is 268 g/mol. The van der Waals surface area contributed by atoms with E-state index in [0.29, 0.717) is 6.61 Å². The topological polar surface area (TPSA) is 33.7 Å². The molecule has 18 heavy (non-hydrogen) atoms. The third-order valence-electron chi connectivity index (χ3n) is 3.55. The predicted octanol–water partition coefficient (Wildman–Crippen LogP) is 0.939. The highest BCUT2D eigenvalue weighted by atomic mass is 32.1. The van der Waals surface area contributed by atoms with E-state index in [9.17, 15) is 0 Å². The van der Waals surface area contributed by atoms with E-state index in [1.807, 2.05) is 0 Å². The van der Waals surface area contributed by atoms with Crippen LogP contribution in [-0.4, -0.2) is 56.5 Å². The van der Waals surface area contributed by atoms with Gasteiger partial charge in [-0.05, 0) is 22.4 Å². The largest absolute Gasteiger partial charge is 0.377 e. The monoisotopic (exact) mass is 268 g/mol. The summed E-state index contributed by atoms with van der Waals surface area (Å²) in [6.45, 7) is 7.11. The van der Waals surface area contributed by atoms with E-state index in [0.717, 1.165) is 45.9 Å². The Morgan fingerprint density at radius 1 is 1.44 bits per heavy atom. The van der Waals surface area contributed by atoms with Gasteiger partial charge >= 0.3 is 0 Å². The zero-order valence-corrected chi connectivity index (χ0v) is 11.4. The molecule has 0 aromatic carbocycles. The second-order valence-corrected chi connectivity index (χ2v) is 5.88. The lowest BCUT2D eigenvalue weighted by Gasteiger charge is -2.41. The maximum Gasteiger partial charge on any atom is 0.116 e. The molecule has 3 rings (SSSR count). The van der Waals surface area contributed by atoms with Crippen molar-refractivity contribution in [2.24, 2.45) is 0 Å². The summed E-state index contributed by atoms with van der Waals surface area (Å²) < 4.78 is 11.7. The molecule has 0 radical (unpaired) electrons. The molecule has 2 aliphatic heterocycles. The van der Waals surface area contributed by atoms with E-state index >= 15 is 0 Å². The second kappa shape index (κ2) is 5.67. The van der Waals surface area contributed by atoms with Gasteiger partial charge in [-0.25, -0.2) is 0 Å². The number of thiophene rings is 1. The molecule has 2 aliphatic rings. The zero-order chi connectivity index (χ0) is 12.3. The highest BCUT2D eigenvalue weighted by molar-refractivity contribution is 7.07. The van der Waals surface area contributed by atoms with Crippen LogP contribution in [0.25, 0.3) is 0 Å². The summed E-state index contributed by atoms with van der Waals surface area (Å²) in [4.78, 5) is 2.47. The van der Waals surface area contributed by atoms with Crippen molar-refractivity contribution in [1.82, 2.24) is 10.2 Å². The molecule has 1 atom stereocenters. The Bertz CT molecular complexity index is 361. The highest BCUT2D eigenvalue weighted by Crippen LogP contribution is 2.21. The smallest absolute Gasteiger partial charge is 0.116 e. The standard InChI is InChI=1S/C13H20N2O2S/c1-6-18-8-12(1)7-15-3-5-17-13(10-15)9-14-2-4-16-11-13/h1,6,8,14H,2-5,7,9-11H2. The Hall–Kier alpha value is -0.460. The molecule has 0 bridgehead atoms. The first-order valence-electron chi connectivity index (χ1n) is 6.52. The van der Waals surface area contributed by atoms with E-state index in [-0.39, 0.29) is 5.60 Å². The summed E-state index contributed by atoms with van der Waals surface area (Å²) in [7, 11) is 0. The predicted molar refractivity (Wildman–Crippen MR) is 72.0 cm³/mol. The van der Waals surface area contributed by atoms with Gasteiger partial charge in [0.2, 0.25) is 0 Å². The number of rotatable bonds is 2. The molecule has 0 saturated carbocycles. The van der Waals surface area contributed by atoms with Gasteiger partial charge in [0.25, 0.3) is 0 Å². The first-order valence-corrected chi connectivity index (χ1v) is 7.47. The summed E-state index contributed by atoms with van der Waals surface area (Å²) in [5.41, 5.74) is 1.25. The molecule has 1 N–H and O–H groups in total. The maximum absolute atomic E-state index is 6.01. The molecule has 1 aromatic heterocycles. The summed E-state index contributed by atoms with van der Waals surface area (Å²) in [6.07, 6.45) is 0. The van der Waals surface area contributed by atoms with Crippen LogP contribution >= 0.6 is 11.3 Å². The van der Waals surface area contributed by atoms with Crippen LogP contribution in [0.3, 0.4) is 0 Å². The van der Waals surface area contributed by atoms with Crippen molar-refractivity contribution in [2.75, 3.05) is 46.0 Å². The maximum atomic E-state index is 6.01. The minimum atomic E-state index is -0.148.